The van der Waals surface area contributed by atoms with Crippen molar-refractivity contribution >= 4 is 23.2 Å². The number of anilines is 2. The first kappa shape index (κ1) is 14.4. The lowest BCUT2D eigenvalue weighted by molar-refractivity contribution is 0.312. The van der Waals surface area contributed by atoms with Crippen LogP contribution in [0.2, 0.25) is 0 Å². The van der Waals surface area contributed by atoms with Crippen LogP contribution in [-0.4, -0.2) is 33.6 Å². The number of rotatable bonds is 6. The minimum atomic E-state index is 0.0234. The van der Waals surface area contributed by atoms with Gasteiger partial charge in [0, 0.05) is 18.1 Å². The Morgan fingerprint density at radius 3 is 2.60 bits per heavy atom. The van der Waals surface area contributed by atoms with Gasteiger partial charge in [-0.05, 0) is 20.8 Å². The Morgan fingerprint density at radius 1 is 1.25 bits per heavy atom. The van der Waals surface area contributed by atoms with Crippen molar-refractivity contribution in [3.8, 4) is 6.01 Å². The molecule has 1 unspecified atom stereocenters. The van der Waals surface area contributed by atoms with E-state index >= 15 is 0 Å². The normalized spacial score (nSPS) is 12.0. The average molecular weight is 294 g/mol. The first-order valence-electron chi connectivity index (χ1n) is 6.37. The average Bonchev–Trinajstić information content (AvgIpc) is 2.85. The molecule has 0 saturated carbocycles. The van der Waals surface area contributed by atoms with E-state index in [4.69, 9.17) is 4.74 Å². The topological polar surface area (TPSA) is 84.9 Å². The molecule has 0 spiro atoms. The highest BCUT2D eigenvalue weighted by Gasteiger charge is 2.13. The monoisotopic (exact) mass is 294 g/mol. The summed E-state index contributed by atoms with van der Waals surface area (Å²) in [6.45, 7) is 6.38. The van der Waals surface area contributed by atoms with Crippen molar-refractivity contribution in [3.05, 3.63) is 16.1 Å². The molecule has 0 aromatic carbocycles. The maximum atomic E-state index is 5.33. The van der Waals surface area contributed by atoms with Crippen LogP contribution >= 0.6 is 11.3 Å². The van der Waals surface area contributed by atoms with Gasteiger partial charge in [-0.2, -0.15) is 15.0 Å². The Labute approximate surface area is 121 Å². The molecule has 0 saturated heterocycles. The highest BCUT2D eigenvalue weighted by atomic mass is 32.1. The Bertz CT molecular complexity index is 573. The number of hydrogen-bond donors (Lipinski definition) is 2. The maximum absolute atomic E-state index is 5.33. The fraction of sp³-hybridized carbons (Fsp3) is 0.500. The minimum Gasteiger partial charge on any atom is -0.464 e. The molecule has 2 aromatic heterocycles. The highest BCUT2D eigenvalue weighted by Crippen LogP contribution is 2.21. The van der Waals surface area contributed by atoms with E-state index in [1.54, 1.807) is 18.4 Å². The number of hydrogen-bond acceptors (Lipinski definition) is 8. The second-order valence-corrected chi connectivity index (χ2v) is 5.03. The van der Waals surface area contributed by atoms with Gasteiger partial charge in [0.2, 0.25) is 11.9 Å². The lowest BCUT2D eigenvalue weighted by atomic mass is 10.3. The van der Waals surface area contributed by atoms with E-state index in [-0.39, 0.29) is 6.04 Å². The van der Waals surface area contributed by atoms with Crippen molar-refractivity contribution in [1.29, 1.82) is 0 Å². The summed E-state index contributed by atoms with van der Waals surface area (Å²) in [6, 6.07) is 0.326. The van der Waals surface area contributed by atoms with Crippen molar-refractivity contribution < 1.29 is 4.74 Å². The molecule has 2 heterocycles. The zero-order valence-corrected chi connectivity index (χ0v) is 12.8. The molecule has 0 aliphatic carbocycles. The summed E-state index contributed by atoms with van der Waals surface area (Å²) in [5.74, 6) is 0.932. The van der Waals surface area contributed by atoms with Gasteiger partial charge in [0.25, 0.3) is 0 Å². The molecule has 0 aliphatic rings. The van der Waals surface area contributed by atoms with Gasteiger partial charge in [-0.15, -0.1) is 11.3 Å². The summed E-state index contributed by atoms with van der Waals surface area (Å²) in [5, 5.41) is 9.11. The third kappa shape index (κ3) is 3.53. The SMILES string of the molecule is CCOc1nc(NC)nc(NC(C)c2nc(C)cs2)n1. The molecule has 0 amide bonds. The van der Waals surface area contributed by atoms with E-state index in [0.717, 1.165) is 10.7 Å². The van der Waals surface area contributed by atoms with Gasteiger partial charge in [-0.25, -0.2) is 4.98 Å². The standard InChI is InChI=1S/C12H18N6OS/c1-5-19-12-17-10(13-4)16-11(18-12)15-8(3)9-14-7(2)6-20-9/h6,8H,5H2,1-4H3,(H2,13,15,16,17,18). The van der Waals surface area contributed by atoms with Crippen LogP contribution < -0.4 is 15.4 Å². The van der Waals surface area contributed by atoms with Gasteiger partial charge >= 0.3 is 6.01 Å². The molecule has 2 aromatic rings. The number of nitrogens with one attached hydrogen (secondary N) is 2. The van der Waals surface area contributed by atoms with Crippen LogP contribution in [0.4, 0.5) is 11.9 Å². The molecule has 0 bridgehead atoms. The van der Waals surface area contributed by atoms with Gasteiger partial charge < -0.3 is 15.4 Å². The van der Waals surface area contributed by atoms with Crippen LogP contribution in [0.3, 0.4) is 0 Å². The minimum absolute atomic E-state index is 0.0234. The number of aryl methyl sites for hydroxylation is 1. The van der Waals surface area contributed by atoms with E-state index in [2.05, 4.69) is 30.6 Å². The van der Waals surface area contributed by atoms with Gasteiger partial charge in [0.15, 0.2) is 0 Å². The van der Waals surface area contributed by atoms with Crippen LogP contribution in [0.15, 0.2) is 5.38 Å². The van der Waals surface area contributed by atoms with Crippen molar-refractivity contribution in [3.63, 3.8) is 0 Å². The zero-order chi connectivity index (χ0) is 14.5. The van der Waals surface area contributed by atoms with Gasteiger partial charge in [-0.1, -0.05) is 0 Å². The summed E-state index contributed by atoms with van der Waals surface area (Å²) in [7, 11) is 1.75. The smallest absolute Gasteiger partial charge is 0.323 e. The van der Waals surface area contributed by atoms with E-state index < -0.39 is 0 Å². The second kappa shape index (κ2) is 6.47. The van der Waals surface area contributed by atoms with Crippen molar-refractivity contribution in [2.75, 3.05) is 24.3 Å². The first-order valence-corrected chi connectivity index (χ1v) is 7.25. The van der Waals surface area contributed by atoms with E-state index in [1.165, 1.54) is 0 Å². The number of nitrogens with zero attached hydrogens (tertiary/aromatic N) is 4. The second-order valence-electron chi connectivity index (χ2n) is 4.14. The summed E-state index contributed by atoms with van der Waals surface area (Å²) in [6.07, 6.45) is 0. The molecule has 1 atom stereocenters. The zero-order valence-electron chi connectivity index (χ0n) is 12.0. The summed E-state index contributed by atoms with van der Waals surface area (Å²) >= 11 is 1.61. The quantitative estimate of drug-likeness (QED) is 0.845. The van der Waals surface area contributed by atoms with Crippen molar-refractivity contribution in [1.82, 2.24) is 19.9 Å². The molecule has 8 heteroatoms. The molecule has 108 valence electrons. The summed E-state index contributed by atoms with van der Waals surface area (Å²) < 4.78 is 5.33. The molecule has 20 heavy (non-hydrogen) atoms. The Balaban J connectivity index is 2.17. The summed E-state index contributed by atoms with van der Waals surface area (Å²) in [5.41, 5.74) is 1.01. The van der Waals surface area contributed by atoms with Crippen molar-refractivity contribution in [2.24, 2.45) is 0 Å². The fourth-order valence-corrected chi connectivity index (χ4v) is 2.36. The van der Waals surface area contributed by atoms with Crippen LogP contribution in [0.5, 0.6) is 6.01 Å². The molecule has 7 nitrogen and oxygen atoms in total. The van der Waals surface area contributed by atoms with E-state index in [1.807, 2.05) is 26.2 Å². The van der Waals surface area contributed by atoms with Crippen molar-refractivity contribution in [2.45, 2.75) is 26.8 Å². The third-order valence-corrected chi connectivity index (χ3v) is 3.61. The third-order valence-electron chi connectivity index (χ3n) is 2.46. The maximum Gasteiger partial charge on any atom is 0.323 e. The highest BCUT2D eigenvalue weighted by molar-refractivity contribution is 7.09. The molecule has 2 N–H and O–H groups in total. The van der Waals surface area contributed by atoms with Crippen LogP contribution in [-0.2, 0) is 0 Å². The summed E-state index contributed by atoms with van der Waals surface area (Å²) in [4.78, 5) is 17.0. The molecule has 0 aliphatic heterocycles. The van der Waals surface area contributed by atoms with Gasteiger partial charge in [0.1, 0.15) is 5.01 Å². The van der Waals surface area contributed by atoms with E-state index in [0.29, 0.717) is 24.5 Å². The lowest BCUT2D eigenvalue weighted by Gasteiger charge is -2.12. The largest absolute Gasteiger partial charge is 0.464 e. The Hall–Kier alpha value is -1.96. The first-order chi connectivity index (χ1) is 9.62. The Morgan fingerprint density at radius 2 is 2.00 bits per heavy atom. The molecule has 0 fully saturated rings. The molecular weight excluding hydrogens is 276 g/mol. The van der Waals surface area contributed by atoms with Gasteiger partial charge in [-0.3, -0.25) is 0 Å². The number of aromatic nitrogens is 4. The number of ether oxygens (including phenoxy) is 1. The Kier molecular flexibility index (Phi) is 4.67. The molecular formula is C12H18N6OS. The van der Waals surface area contributed by atoms with Crippen LogP contribution in [0.25, 0.3) is 0 Å². The molecule has 2 rings (SSSR count). The molecule has 0 radical (unpaired) electrons. The van der Waals surface area contributed by atoms with E-state index in [9.17, 15) is 0 Å². The predicted octanol–water partition coefficient (Wildman–Crippen LogP) is 2.25. The number of thiazole rings is 1. The lowest BCUT2D eigenvalue weighted by Crippen LogP contribution is -2.12. The fourth-order valence-electron chi connectivity index (χ4n) is 1.55. The van der Waals surface area contributed by atoms with Crippen LogP contribution in [0, 0.1) is 6.92 Å². The predicted molar refractivity (Wildman–Crippen MR) is 79.4 cm³/mol. The van der Waals surface area contributed by atoms with Crippen LogP contribution in [0.1, 0.15) is 30.6 Å². The van der Waals surface area contributed by atoms with Gasteiger partial charge in [0.05, 0.1) is 12.6 Å².